The Morgan fingerprint density at radius 3 is 2.74 bits per heavy atom. The fraction of sp³-hybridized carbons (Fsp3) is 0.450. The molecule has 0 aliphatic rings. The van der Waals surface area contributed by atoms with Crippen molar-refractivity contribution in [3.05, 3.63) is 48.7 Å². The van der Waals surface area contributed by atoms with Gasteiger partial charge in [-0.2, -0.15) is 0 Å². The molecule has 23 heavy (non-hydrogen) atoms. The second-order valence-corrected chi connectivity index (χ2v) is 6.14. The Kier molecular flexibility index (Phi) is 6.17. The number of nitrogens with zero attached hydrogens (tertiary/aromatic N) is 1. The van der Waals surface area contributed by atoms with E-state index in [1.807, 2.05) is 30.3 Å². The lowest BCUT2D eigenvalue weighted by molar-refractivity contribution is 0.153. The molecule has 124 valence electrons. The lowest BCUT2D eigenvalue weighted by Gasteiger charge is -2.22. The van der Waals surface area contributed by atoms with Crippen molar-refractivity contribution < 1.29 is 9.84 Å². The van der Waals surface area contributed by atoms with Gasteiger partial charge in [0, 0.05) is 11.6 Å². The molecule has 1 aromatic heterocycles. The first kappa shape index (κ1) is 17.5. The van der Waals surface area contributed by atoms with Crippen molar-refractivity contribution in [3.8, 4) is 5.75 Å². The zero-order valence-corrected chi connectivity index (χ0v) is 14.3. The van der Waals surface area contributed by atoms with Crippen LogP contribution < -0.4 is 4.74 Å². The highest BCUT2D eigenvalue weighted by Gasteiger charge is 2.17. The van der Waals surface area contributed by atoms with E-state index < -0.39 is 6.10 Å². The van der Waals surface area contributed by atoms with E-state index in [-0.39, 0.29) is 0 Å². The minimum Gasteiger partial charge on any atom is -0.497 e. The van der Waals surface area contributed by atoms with Gasteiger partial charge in [0.1, 0.15) is 5.75 Å². The summed E-state index contributed by atoms with van der Waals surface area (Å²) in [6.07, 6.45) is 6.11. The molecule has 0 bridgehead atoms. The van der Waals surface area contributed by atoms with Crippen LogP contribution in [0.5, 0.6) is 5.75 Å². The van der Waals surface area contributed by atoms with Crippen LogP contribution in [0.15, 0.2) is 43.1 Å². The molecule has 3 heteroatoms. The smallest absolute Gasteiger partial charge is 0.119 e. The van der Waals surface area contributed by atoms with Crippen LogP contribution in [-0.4, -0.2) is 17.2 Å². The topological polar surface area (TPSA) is 42.4 Å². The standard InChI is InChI=1S/C20H27NO2/c1-5-14(3)15(6-2)7-10-20(22)17-11-12-21-19-9-8-16(23-4)13-18(17)19/h5,8-9,11-15,20,22H,1,6-7,10H2,2-4H3/t14-,15-,20-/m0/s1. The van der Waals surface area contributed by atoms with Crippen LogP contribution in [-0.2, 0) is 0 Å². The maximum absolute atomic E-state index is 10.7. The molecular weight excluding hydrogens is 286 g/mol. The molecule has 0 unspecified atom stereocenters. The molecule has 0 amide bonds. The molecule has 0 saturated heterocycles. The fourth-order valence-electron chi connectivity index (χ4n) is 3.12. The molecule has 0 spiro atoms. The normalized spacial score (nSPS) is 15.1. The van der Waals surface area contributed by atoms with E-state index in [0.29, 0.717) is 11.8 Å². The minimum atomic E-state index is -0.487. The monoisotopic (exact) mass is 313 g/mol. The average Bonchev–Trinajstić information content (AvgIpc) is 2.60. The number of aliphatic hydroxyl groups is 1. The number of hydrogen-bond donors (Lipinski definition) is 1. The summed E-state index contributed by atoms with van der Waals surface area (Å²) >= 11 is 0. The molecule has 3 atom stereocenters. The van der Waals surface area contributed by atoms with E-state index in [1.54, 1.807) is 13.3 Å². The maximum atomic E-state index is 10.7. The minimum absolute atomic E-state index is 0.474. The third kappa shape index (κ3) is 4.11. The first-order valence-corrected chi connectivity index (χ1v) is 8.34. The van der Waals surface area contributed by atoms with Crippen LogP contribution in [0.1, 0.15) is 44.8 Å². The van der Waals surface area contributed by atoms with Gasteiger partial charge in [0.05, 0.1) is 18.7 Å². The van der Waals surface area contributed by atoms with Gasteiger partial charge in [0.25, 0.3) is 0 Å². The number of hydrogen-bond acceptors (Lipinski definition) is 3. The van der Waals surface area contributed by atoms with Crippen molar-refractivity contribution >= 4 is 10.9 Å². The van der Waals surface area contributed by atoms with E-state index in [0.717, 1.165) is 41.5 Å². The van der Waals surface area contributed by atoms with Gasteiger partial charge in [0.15, 0.2) is 0 Å². The Morgan fingerprint density at radius 1 is 1.30 bits per heavy atom. The van der Waals surface area contributed by atoms with Crippen LogP contribution in [0.25, 0.3) is 10.9 Å². The zero-order chi connectivity index (χ0) is 16.8. The number of allylic oxidation sites excluding steroid dienone is 1. The number of fused-ring (bicyclic) bond motifs is 1. The highest BCUT2D eigenvalue weighted by Crippen LogP contribution is 2.31. The summed E-state index contributed by atoms with van der Waals surface area (Å²) < 4.78 is 5.30. The summed E-state index contributed by atoms with van der Waals surface area (Å²) in [5.41, 5.74) is 1.81. The molecule has 1 aromatic carbocycles. The lowest BCUT2D eigenvalue weighted by atomic mass is 9.86. The molecule has 2 aromatic rings. The Morgan fingerprint density at radius 2 is 2.09 bits per heavy atom. The van der Waals surface area contributed by atoms with Crippen LogP contribution >= 0.6 is 0 Å². The van der Waals surface area contributed by atoms with E-state index in [9.17, 15) is 5.11 Å². The van der Waals surface area contributed by atoms with E-state index in [1.165, 1.54) is 0 Å². The van der Waals surface area contributed by atoms with Gasteiger partial charge < -0.3 is 9.84 Å². The predicted octanol–water partition coefficient (Wildman–Crippen LogP) is 4.91. The zero-order valence-electron chi connectivity index (χ0n) is 14.3. The first-order chi connectivity index (χ1) is 11.1. The third-order valence-corrected chi connectivity index (χ3v) is 4.79. The molecule has 0 saturated carbocycles. The molecule has 0 aliphatic carbocycles. The Balaban J connectivity index is 2.20. The maximum Gasteiger partial charge on any atom is 0.119 e. The predicted molar refractivity (Wildman–Crippen MR) is 95.6 cm³/mol. The van der Waals surface area contributed by atoms with Crippen LogP contribution in [0, 0.1) is 11.8 Å². The van der Waals surface area contributed by atoms with Gasteiger partial charge >= 0.3 is 0 Å². The number of pyridine rings is 1. The number of methoxy groups -OCH3 is 1. The summed E-state index contributed by atoms with van der Waals surface area (Å²) in [6.45, 7) is 8.28. The fourth-order valence-corrected chi connectivity index (χ4v) is 3.12. The highest BCUT2D eigenvalue weighted by molar-refractivity contribution is 5.83. The number of benzene rings is 1. The molecule has 3 nitrogen and oxygen atoms in total. The Hall–Kier alpha value is -1.87. The van der Waals surface area contributed by atoms with E-state index in [2.05, 4.69) is 25.4 Å². The summed E-state index contributed by atoms with van der Waals surface area (Å²) in [5.74, 6) is 1.82. The molecule has 1 N–H and O–H groups in total. The number of rotatable bonds is 8. The number of aromatic nitrogens is 1. The SMILES string of the molecule is C=C[C@H](C)[C@@H](CC)CC[C@H](O)c1ccnc2ccc(OC)cc12. The Bertz CT molecular complexity index is 653. The van der Waals surface area contributed by atoms with Gasteiger partial charge in [-0.15, -0.1) is 6.58 Å². The number of aliphatic hydroxyl groups excluding tert-OH is 1. The van der Waals surface area contributed by atoms with Crippen molar-refractivity contribution in [2.45, 2.75) is 39.2 Å². The van der Waals surface area contributed by atoms with Gasteiger partial charge in [-0.25, -0.2) is 0 Å². The van der Waals surface area contributed by atoms with Gasteiger partial charge in [-0.3, -0.25) is 4.98 Å². The molecule has 0 radical (unpaired) electrons. The average molecular weight is 313 g/mol. The number of ether oxygens (including phenoxy) is 1. The van der Waals surface area contributed by atoms with Gasteiger partial charge in [0.2, 0.25) is 0 Å². The Labute approximate surface area is 139 Å². The van der Waals surface area contributed by atoms with Crippen LogP contribution in [0.4, 0.5) is 0 Å². The van der Waals surface area contributed by atoms with Crippen molar-refractivity contribution in [2.24, 2.45) is 11.8 Å². The van der Waals surface area contributed by atoms with Crippen molar-refractivity contribution in [1.82, 2.24) is 4.98 Å². The first-order valence-electron chi connectivity index (χ1n) is 8.34. The largest absolute Gasteiger partial charge is 0.497 e. The van der Waals surface area contributed by atoms with Gasteiger partial charge in [-0.05, 0) is 54.5 Å². The van der Waals surface area contributed by atoms with Gasteiger partial charge in [-0.1, -0.05) is 26.3 Å². The van der Waals surface area contributed by atoms with Crippen molar-refractivity contribution in [3.63, 3.8) is 0 Å². The molecule has 0 fully saturated rings. The summed E-state index contributed by atoms with van der Waals surface area (Å²) in [7, 11) is 1.65. The summed E-state index contributed by atoms with van der Waals surface area (Å²) in [6, 6.07) is 7.68. The van der Waals surface area contributed by atoms with Crippen molar-refractivity contribution in [1.29, 1.82) is 0 Å². The second-order valence-electron chi connectivity index (χ2n) is 6.14. The quantitative estimate of drug-likeness (QED) is 0.704. The van der Waals surface area contributed by atoms with Crippen molar-refractivity contribution in [2.75, 3.05) is 7.11 Å². The molecule has 2 rings (SSSR count). The second kappa shape index (κ2) is 8.11. The van der Waals surface area contributed by atoms with E-state index >= 15 is 0 Å². The van der Waals surface area contributed by atoms with Crippen LogP contribution in [0.3, 0.4) is 0 Å². The van der Waals surface area contributed by atoms with E-state index in [4.69, 9.17) is 4.74 Å². The summed E-state index contributed by atoms with van der Waals surface area (Å²) in [5, 5.41) is 11.6. The molecule has 1 heterocycles. The lowest BCUT2D eigenvalue weighted by Crippen LogP contribution is -2.10. The third-order valence-electron chi connectivity index (χ3n) is 4.79. The highest BCUT2D eigenvalue weighted by atomic mass is 16.5. The van der Waals surface area contributed by atoms with Crippen LogP contribution in [0.2, 0.25) is 0 Å². The summed E-state index contributed by atoms with van der Waals surface area (Å²) in [4.78, 5) is 4.37. The molecular formula is C20H27NO2. The molecule has 0 aliphatic heterocycles.